The molecule has 0 spiro atoms. The highest BCUT2D eigenvalue weighted by Gasteiger charge is 2.43. The highest BCUT2D eigenvalue weighted by atomic mass is 16.6. The molecule has 5 N–H and O–H groups in total. The van der Waals surface area contributed by atoms with Crippen molar-refractivity contribution in [1.82, 2.24) is 0 Å². The number of ether oxygens (including phenoxy) is 3. The number of aliphatic hydroxyl groups excluding tert-OH is 4. The Labute approximate surface area is 143 Å². The van der Waals surface area contributed by atoms with E-state index in [0.29, 0.717) is 5.56 Å². The Bertz CT molecular complexity index is 630. The summed E-state index contributed by atoms with van der Waals surface area (Å²) < 4.78 is 14.7. The number of aromatic hydroxyl groups is 1. The maximum atomic E-state index is 11.7. The Morgan fingerprint density at radius 3 is 2.60 bits per heavy atom. The molecule has 25 heavy (non-hydrogen) atoms. The standard InChI is InChI=1S/C16H20O9/c1-23-10-6-8(2-4-9(10)17)3-5-12(18)24-7-11-13(19)14(20)15(21)16(22)25-11/h2-6,11,13-17,19-22H,7H2,1H3/b5-3+/t11-,13-,14+,15-,16-/m1/s1. The molecule has 1 heterocycles. The quantitative estimate of drug-likeness (QED) is 0.323. The third-order valence-corrected chi connectivity index (χ3v) is 3.69. The molecule has 5 atom stereocenters. The summed E-state index contributed by atoms with van der Waals surface area (Å²) in [6.07, 6.45) is -5.12. The number of aliphatic hydroxyl groups is 4. The van der Waals surface area contributed by atoms with E-state index in [1.54, 1.807) is 6.07 Å². The molecule has 9 heteroatoms. The lowest BCUT2D eigenvalue weighted by molar-refractivity contribution is -0.287. The molecule has 138 valence electrons. The Kier molecular flexibility index (Phi) is 6.34. The molecule has 0 radical (unpaired) electrons. The lowest BCUT2D eigenvalue weighted by atomic mass is 9.99. The van der Waals surface area contributed by atoms with Gasteiger partial charge in [-0.2, -0.15) is 0 Å². The van der Waals surface area contributed by atoms with E-state index in [1.807, 2.05) is 0 Å². The monoisotopic (exact) mass is 356 g/mol. The summed E-state index contributed by atoms with van der Waals surface area (Å²) in [6.45, 7) is -0.427. The summed E-state index contributed by atoms with van der Waals surface area (Å²) in [4.78, 5) is 11.7. The van der Waals surface area contributed by atoms with Gasteiger partial charge in [0.25, 0.3) is 0 Å². The first-order valence-corrected chi connectivity index (χ1v) is 7.43. The number of rotatable bonds is 5. The predicted octanol–water partition coefficient (Wildman–Crippen LogP) is -1.24. The van der Waals surface area contributed by atoms with Gasteiger partial charge in [-0.05, 0) is 23.8 Å². The minimum absolute atomic E-state index is 0.0371. The first-order chi connectivity index (χ1) is 11.8. The summed E-state index contributed by atoms with van der Waals surface area (Å²) in [6, 6.07) is 4.48. The van der Waals surface area contributed by atoms with Crippen molar-refractivity contribution in [2.24, 2.45) is 0 Å². The minimum Gasteiger partial charge on any atom is -0.504 e. The number of phenolic OH excluding ortho intramolecular Hbond substituents is 1. The van der Waals surface area contributed by atoms with Crippen LogP contribution in [-0.2, 0) is 14.3 Å². The molecule has 0 bridgehead atoms. The number of carbonyl (C=O) groups is 1. The number of hydrogen-bond acceptors (Lipinski definition) is 9. The lowest BCUT2D eigenvalue weighted by Gasteiger charge is -2.37. The van der Waals surface area contributed by atoms with Crippen molar-refractivity contribution in [1.29, 1.82) is 0 Å². The van der Waals surface area contributed by atoms with E-state index in [2.05, 4.69) is 0 Å². The van der Waals surface area contributed by atoms with E-state index in [-0.39, 0.29) is 11.5 Å². The van der Waals surface area contributed by atoms with E-state index in [9.17, 15) is 30.3 Å². The highest BCUT2D eigenvalue weighted by Crippen LogP contribution is 2.26. The summed E-state index contributed by atoms with van der Waals surface area (Å²) in [5.74, 6) is -0.543. The number of methoxy groups -OCH3 is 1. The predicted molar refractivity (Wildman–Crippen MR) is 83.6 cm³/mol. The molecular weight excluding hydrogens is 336 g/mol. The van der Waals surface area contributed by atoms with Crippen LogP contribution in [0.4, 0.5) is 0 Å². The summed E-state index contributed by atoms with van der Waals surface area (Å²) in [5.41, 5.74) is 0.578. The van der Waals surface area contributed by atoms with Crippen molar-refractivity contribution in [3.63, 3.8) is 0 Å². The van der Waals surface area contributed by atoms with Gasteiger partial charge in [0.05, 0.1) is 7.11 Å². The minimum atomic E-state index is -1.69. The first-order valence-electron chi connectivity index (χ1n) is 7.43. The fourth-order valence-electron chi connectivity index (χ4n) is 2.24. The molecule has 9 nitrogen and oxygen atoms in total. The van der Waals surface area contributed by atoms with Crippen molar-refractivity contribution in [3.05, 3.63) is 29.8 Å². The van der Waals surface area contributed by atoms with Gasteiger partial charge in [0, 0.05) is 6.08 Å². The third kappa shape index (κ3) is 4.68. The zero-order valence-electron chi connectivity index (χ0n) is 13.3. The van der Waals surface area contributed by atoms with Crippen molar-refractivity contribution >= 4 is 12.0 Å². The maximum absolute atomic E-state index is 11.7. The molecule has 0 aromatic heterocycles. The molecule has 0 saturated carbocycles. The number of esters is 1. The van der Waals surface area contributed by atoms with E-state index in [4.69, 9.17) is 14.2 Å². The van der Waals surface area contributed by atoms with Gasteiger partial charge in [-0.1, -0.05) is 6.07 Å². The van der Waals surface area contributed by atoms with E-state index < -0.39 is 43.3 Å². The molecular formula is C16H20O9. The molecule has 1 saturated heterocycles. The van der Waals surface area contributed by atoms with Gasteiger partial charge >= 0.3 is 5.97 Å². The van der Waals surface area contributed by atoms with Gasteiger partial charge in [-0.3, -0.25) is 0 Å². The molecule has 0 aliphatic carbocycles. The van der Waals surface area contributed by atoms with Gasteiger partial charge in [-0.15, -0.1) is 0 Å². The Morgan fingerprint density at radius 2 is 1.92 bits per heavy atom. The van der Waals surface area contributed by atoms with Crippen LogP contribution in [0.1, 0.15) is 5.56 Å². The van der Waals surface area contributed by atoms with Crippen LogP contribution in [0.2, 0.25) is 0 Å². The second-order valence-electron chi connectivity index (χ2n) is 5.43. The van der Waals surface area contributed by atoms with Crippen LogP contribution in [0.25, 0.3) is 6.08 Å². The average molecular weight is 356 g/mol. The van der Waals surface area contributed by atoms with Gasteiger partial charge < -0.3 is 39.7 Å². The van der Waals surface area contributed by atoms with Crippen molar-refractivity contribution in [2.45, 2.75) is 30.7 Å². The van der Waals surface area contributed by atoms with Crippen LogP contribution >= 0.6 is 0 Å². The highest BCUT2D eigenvalue weighted by molar-refractivity contribution is 5.87. The Morgan fingerprint density at radius 1 is 1.20 bits per heavy atom. The van der Waals surface area contributed by atoms with E-state index in [0.717, 1.165) is 6.08 Å². The Balaban J connectivity index is 1.90. The topological polar surface area (TPSA) is 146 Å². The summed E-state index contributed by atoms with van der Waals surface area (Å²) in [7, 11) is 1.39. The van der Waals surface area contributed by atoms with Crippen molar-refractivity contribution in [2.75, 3.05) is 13.7 Å². The SMILES string of the molecule is COc1cc(/C=C/C(=O)OC[C@H]2O[C@@H](O)[C@H](O)[C@@H](O)[C@@H]2O)ccc1O. The van der Waals surface area contributed by atoms with Crippen LogP contribution in [0, 0.1) is 0 Å². The number of phenols is 1. The van der Waals surface area contributed by atoms with Gasteiger partial charge in [0.1, 0.15) is 31.0 Å². The molecule has 1 fully saturated rings. The summed E-state index contributed by atoms with van der Waals surface area (Å²) >= 11 is 0. The zero-order valence-corrected chi connectivity index (χ0v) is 13.3. The largest absolute Gasteiger partial charge is 0.504 e. The normalized spacial score (nSPS) is 29.6. The average Bonchev–Trinajstić information content (AvgIpc) is 2.61. The van der Waals surface area contributed by atoms with E-state index >= 15 is 0 Å². The van der Waals surface area contributed by atoms with Gasteiger partial charge in [-0.25, -0.2) is 4.79 Å². The third-order valence-electron chi connectivity index (χ3n) is 3.69. The lowest BCUT2D eigenvalue weighted by Crippen LogP contribution is -2.58. The molecule has 1 aromatic carbocycles. The molecule has 0 amide bonds. The van der Waals surface area contributed by atoms with Crippen molar-refractivity contribution < 1.29 is 44.5 Å². The molecule has 2 rings (SSSR count). The molecule has 1 aliphatic rings. The van der Waals surface area contributed by atoms with Gasteiger partial charge in [0.15, 0.2) is 17.8 Å². The Hall–Kier alpha value is -2.17. The molecule has 0 unspecified atom stereocenters. The van der Waals surface area contributed by atoms with Gasteiger partial charge in [0.2, 0.25) is 0 Å². The van der Waals surface area contributed by atoms with Crippen LogP contribution in [-0.4, -0.2) is 75.9 Å². The number of benzene rings is 1. The maximum Gasteiger partial charge on any atom is 0.330 e. The number of hydrogen-bond donors (Lipinski definition) is 5. The van der Waals surface area contributed by atoms with Crippen LogP contribution in [0.15, 0.2) is 24.3 Å². The first kappa shape index (κ1) is 19.2. The van der Waals surface area contributed by atoms with Crippen molar-refractivity contribution in [3.8, 4) is 11.5 Å². The second-order valence-corrected chi connectivity index (χ2v) is 5.43. The number of carbonyl (C=O) groups excluding carboxylic acids is 1. The van der Waals surface area contributed by atoms with Crippen LogP contribution in [0.3, 0.4) is 0 Å². The summed E-state index contributed by atoms with van der Waals surface area (Å²) in [5, 5.41) is 47.5. The van der Waals surface area contributed by atoms with Crippen LogP contribution < -0.4 is 4.74 Å². The smallest absolute Gasteiger partial charge is 0.330 e. The zero-order chi connectivity index (χ0) is 18.6. The fourth-order valence-corrected chi connectivity index (χ4v) is 2.24. The van der Waals surface area contributed by atoms with Crippen LogP contribution in [0.5, 0.6) is 11.5 Å². The fraction of sp³-hybridized carbons (Fsp3) is 0.438. The molecule has 1 aromatic rings. The second kappa shape index (κ2) is 8.28. The molecule has 1 aliphatic heterocycles. The van der Waals surface area contributed by atoms with E-state index in [1.165, 1.54) is 25.3 Å².